The van der Waals surface area contributed by atoms with Crippen LogP contribution in [0.5, 0.6) is 11.8 Å². The zero-order valence-corrected chi connectivity index (χ0v) is 16.0. The van der Waals surface area contributed by atoms with Crippen molar-refractivity contribution in [2.75, 3.05) is 12.5 Å². The molecule has 0 amide bonds. The molecule has 0 saturated heterocycles. The van der Waals surface area contributed by atoms with E-state index in [9.17, 15) is 9.50 Å². The first-order chi connectivity index (χ1) is 14.0. The number of ether oxygens (including phenoxy) is 2. The van der Waals surface area contributed by atoms with Crippen LogP contribution in [0, 0.1) is 5.82 Å². The number of nitrogens with one attached hydrogen (secondary N) is 1. The van der Waals surface area contributed by atoms with E-state index in [-0.39, 0.29) is 18.4 Å². The minimum atomic E-state index is -0.652. The SMILES string of the molecule is COc1cccc(COc2ncc(F)c(N/N=C/c3ccc(C(C)O)cc3)n2)c1. The number of aliphatic hydroxyl groups excluding tert-OH is 1. The molecule has 3 rings (SSSR count). The van der Waals surface area contributed by atoms with Gasteiger partial charge in [0.1, 0.15) is 12.4 Å². The Hall–Kier alpha value is -3.52. The van der Waals surface area contributed by atoms with E-state index in [1.54, 1.807) is 38.3 Å². The maximum Gasteiger partial charge on any atom is 0.318 e. The number of nitrogens with zero attached hydrogens (tertiary/aromatic N) is 3. The van der Waals surface area contributed by atoms with Crippen LogP contribution in [-0.4, -0.2) is 28.4 Å². The summed E-state index contributed by atoms with van der Waals surface area (Å²) >= 11 is 0. The predicted molar refractivity (Wildman–Crippen MR) is 108 cm³/mol. The molecular weight excluding hydrogens is 375 g/mol. The highest BCUT2D eigenvalue weighted by Gasteiger charge is 2.08. The molecule has 0 aliphatic carbocycles. The van der Waals surface area contributed by atoms with E-state index in [2.05, 4.69) is 20.5 Å². The molecule has 150 valence electrons. The molecule has 0 bridgehead atoms. The molecule has 7 nitrogen and oxygen atoms in total. The number of halogens is 1. The van der Waals surface area contributed by atoms with Gasteiger partial charge in [0.2, 0.25) is 0 Å². The fraction of sp³-hybridized carbons (Fsp3) is 0.190. The normalized spacial score (nSPS) is 12.0. The summed E-state index contributed by atoms with van der Waals surface area (Å²) in [7, 11) is 1.59. The van der Waals surface area contributed by atoms with Gasteiger partial charge in [0.15, 0.2) is 11.6 Å². The highest BCUT2D eigenvalue weighted by Crippen LogP contribution is 2.17. The molecule has 1 unspecified atom stereocenters. The van der Waals surface area contributed by atoms with Gasteiger partial charge in [-0.25, -0.2) is 9.37 Å². The Kier molecular flexibility index (Phi) is 6.70. The van der Waals surface area contributed by atoms with Gasteiger partial charge < -0.3 is 14.6 Å². The van der Waals surface area contributed by atoms with E-state index in [1.165, 1.54) is 6.21 Å². The van der Waals surface area contributed by atoms with Gasteiger partial charge in [0.25, 0.3) is 0 Å². The van der Waals surface area contributed by atoms with Crippen molar-refractivity contribution >= 4 is 12.0 Å². The van der Waals surface area contributed by atoms with Crippen LogP contribution < -0.4 is 14.9 Å². The summed E-state index contributed by atoms with van der Waals surface area (Å²) in [5.41, 5.74) is 5.00. The van der Waals surface area contributed by atoms with Crippen molar-refractivity contribution in [3.8, 4) is 11.8 Å². The van der Waals surface area contributed by atoms with Crippen LogP contribution in [0.1, 0.15) is 29.7 Å². The third kappa shape index (κ3) is 5.73. The molecule has 29 heavy (non-hydrogen) atoms. The number of benzene rings is 2. The Morgan fingerprint density at radius 1 is 1.24 bits per heavy atom. The van der Waals surface area contributed by atoms with E-state index < -0.39 is 11.9 Å². The summed E-state index contributed by atoms with van der Waals surface area (Å²) in [5.74, 6) is -0.0397. The third-order valence-corrected chi connectivity index (χ3v) is 4.03. The second-order valence-electron chi connectivity index (χ2n) is 6.20. The zero-order valence-electron chi connectivity index (χ0n) is 16.0. The minimum absolute atomic E-state index is 0.0215. The molecule has 1 atom stereocenters. The van der Waals surface area contributed by atoms with E-state index >= 15 is 0 Å². The number of hydrazone groups is 1. The topological polar surface area (TPSA) is 88.9 Å². The monoisotopic (exact) mass is 396 g/mol. The van der Waals surface area contributed by atoms with Gasteiger partial charge in [-0.15, -0.1) is 0 Å². The van der Waals surface area contributed by atoms with Crippen LogP contribution in [0.3, 0.4) is 0 Å². The number of hydrogen-bond acceptors (Lipinski definition) is 7. The van der Waals surface area contributed by atoms with Crippen molar-refractivity contribution in [1.82, 2.24) is 9.97 Å². The Balaban J connectivity index is 1.62. The van der Waals surface area contributed by atoms with Crippen molar-refractivity contribution in [2.45, 2.75) is 19.6 Å². The molecule has 0 aliphatic heterocycles. The van der Waals surface area contributed by atoms with Crippen molar-refractivity contribution in [1.29, 1.82) is 0 Å². The molecule has 0 radical (unpaired) electrons. The first-order valence-corrected chi connectivity index (χ1v) is 8.90. The lowest BCUT2D eigenvalue weighted by molar-refractivity contribution is 0.199. The number of aliphatic hydroxyl groups is 1. The average Bonchev–Trinajstić information content (AvgIpc) is 2.74. The summed E-state index contributed by atoms with van der Waals surface area (Å²) in [5, 5.41) is 13.5. The van der Waals surface area contributed by atoms with Gasteiger partial charge in [-0.2, -0.15) is 10.1 Å². The Labute approximate surface area is 167 Å². The fourth-order valence-electron chi connectivity index (χ4n) is 2.44. The maximum atomic E-state index is 13.9. The molecule has 1 aromatic heterocycles. The van der Waals surface area contributed by atoms with Crippen molar-refractivity contribution in [3.63, 3.8) is 0 Å². The van der Waals surface area contributed by atoms with Crippen LogP contribution >= 0.6 is 0 Å². The van der Waals surface area contributed by atoms with Crippen molar-refractivity contribution in [3.05, 3.63) is 77.2 Å². The van der Waals surface area contributed by atoms with Crippen molar-refractivity contribution < 1.29 is 19.0 Å². The van der Waals surface area contributed by atoms with Gasteiger partial charge in [-0.1, -0.05) is 36.4 Å². The average molecular weight is 396 g/mol. The summed E-state index contributed by atoms with van der Waals surface area (Å²) in [6.45, 7) is 1.90. The molecule has 1 heterocycles. The number of anilines is 1. The molecule has 0 fully saturated rings. The predicted octanol–water partition coefficient (Wildman–Crippen LogP) is 3.70. The first kappa shape index (κ1) is 20.2. The Bertz CT molecular complexity index is 978. The van der Waals surface area contributed by atoms with Crippen LogP contribution in [0.25, 0.3) is 0 Å². The quantitative estimate of drug-likeness (QED) is 0.446. The number of hydrogen-bond donors (Lipinski definition) is 2. The smallest absolute Gasteiger partial charge is 0.318 e. The van der Waals surface area contributed by atoms with E-state index in [1.807, 2.05) is 24.3 Å². The minimum Gasteiger partial charge on any atom is -0.497 e. The number of aromatic nitrogens is 2. The summed E-state index contributed by atoms with van der Waals surface area (Å²) < 4.78 is 24.6. The van der Waals surface area contributed by atoms with Gasteiger partial charge in [-0.05, 0) is 35.7 Å². The highest BCUT2D eigenvalue weighted by molar-refractivity contribution is 5.80. The lowest BCUT2D eigenvalue weighted by Gasteiger charge is -2.08. The second-order valence-corrected chi connectivity index (χ2v) is 6.20. The third-order valence-electron chi connectivity index (χ3n) is 4.03. The standard InChI is InChI=1S/C21H21FN4O3/c1-14(27)17-8-6-15(7-9-17)11-24-26-20-19(22)12-23-21(25-20)29-13-16-4-3-5-18(10-16)28-2/h3-12,14,27H,13H2,1-2H3,(H,23,25,26)/b24-11+. The zero-order chi connectivity index (χ0) is 20.6. The molecule has 3 aromatic rings. The number of rotatable bonds is 8. The lowest BCUT2D eigenvalue weighted by atomic mass is 10.1. The van der Waals surface area contributed by atoms with Crippen molar-refractivity contribution in [2.24, 2.45) is 5.10 Å². The lowest BCUT2D eigenvalue weighted by Crippen LogP contribution is -2.04. The van der Waals surface area contributed by atoms with E-state index in [0.717, 1.165) is 22.9 Å². The summed E-state index contributed by atoms with van der Waals surface area (Å²) in [6, 6.07) is 14.6. The largest absolute Gasteiger partial charge is 0.497 e. The maximum absolute atomic E-state index is 13.9. The molecule has 2 N–H and O–H groups in total. The summed E-state index contributed by atoms with van der Waals surface area (Å²) in [4.78, 5) is 7.83. The Morgan fingerprint density at radius 3 is 2.76 bits per heavy atom. The van der Waals surface area contributed by atoms with Gasteiger partial charge in [0, 0.05) is 0 Å². The fourth-order valence-corrected chi connectivity index (χ4v) is 2.44. The van der Waals surface area contributed by atoms with Crippen LogP contribution in [0.15, 0.2) is 59.8 Å². The van der Waals surface area contributed by atoms with E-state index in [4.69, 9.17) is 9.47 Å². The van der Waals surface area contributed by atoms with E-state index in [0.29, 0.717) is 5.75 Å². The highest BCUT2D eigenvalue weighted by atomic mass is 19.1. The van der Waals surface area contributed by atoms with Crippen LogP contribution in [-0.2, 0) is 6.61 Å². The van der Waals surface area contributed by atoms with Gasteiger partial charge in [-0.3, -0.25) is 5.43 Å². The molecular formula is C21H21FN4O3. The molecule has 0 saturated carbocycles. The molecule has 2 aromatic carbocycles. The van der Waals surface area contributed by atoms with Gasteiger partial charge >= 0.3 is 6.01 Å². The first-order valence-electron chi connectivity index (χ1n) is 8.90. The molecule has 0 spiro atoms. The molecule has 0 aliphatic rings. The molecule has 8 heteroatoms. The van der Waals surface area contributed by atoms with Gasteiger partial charge in [0.05, 0.1) is 25.6 Å². The Morgan fingerprint density at radius 2 is 2.03 bits per heavy atom. The second kappa shape index (κ2) is 9.61. The van der Waals surface area contributed by atoms with Crippen LogP contribution in [0.4, 0.5) is 10.2 Å². The summed E-state index contributed by atoms with van der Waals surface area (Å²) in [6.07, 6.45) is 2.00. The van der Waals surface area contributed by atoms with Crippen LogP contribution in [0.2, 0.25) is 0 Å². The number of methoxy groups -OCH3 is 1.